The second kappa shape index (κ2) is 8.44. The summed E-state index contributed by atoms with van der Waals surface area (Å²) in [5, 5.41) is 2.92. The zero-order valence-corrected chi connectivity index (χ0v) is 16.8. The minimum Gasteiger partial charge on any atom is -0.455 e. The summed E-state index contributed by atoms with van der Waals surface area (Å²) in [6.45, 7) is 4.06. The first kappa shape index (κ1) is 19.9. The lowest BCUT2D eigenvalue weighted by molar-refractivity contribution is 0.0995. The van der Waals surface area contributed by atoms with Crippen molar-refractivity contribution in [2.75, 3.05) is 5.32 Å². The maximum absolute atomic E-state index is 12.6. The summed E-state index contributed by atoms with van der Waals surface area (Å²) in [4.78, 5) is 12.9. The predicted octanol–water partition coefficient (Wildman–Crippen LogP) is 4.63. The summed E-state index contributed by atoms with van der Waals surface area (Å²) in [6.07, 6.45) is 1.59. The number of hydrogen-bond donors (Lipinski definition) is 1. The van der Waals surface area contributed by atoms with Crippen LogP contribution in [0.4, 0.5) is 5.69 Å². The molecule has 1 aromatic heterocycles. The first-order chi connectivity index (χ1) is 13.4. The molecule has 1 N–H and O–H groups in total. The molecule has 0 bridgehead atoms. The Morgan fingerprint density at radius 3 is 2.14 bits per heavy atom. The fourth-order valence-corrected chi connectivity index (χ4v) is 4.32. The summed E-state index contributed by atoms with van der Waals surface area (Å²) >= 11 is 0. The number of nitrogens with one attached hydrogen (secondary N) is 1. The Hall–Kier alpha value is -2.86. The number of hydrogen-bond acceptors (Lipinski definition) is 4. The molecule has 0 saturated heterocycles. The second-order valence-corrected chi connectivity index (χ2v) is 8.44. The average molecular weight is 397 g/mol. The van der Waals surface area contributed by atoms with Crippen LogP contribution in [-0.4, -0.2) is 14.3 Å². The maximum Gasteiger partial charge on any atom is 0.291 e. The summed E-state index contributed by atoms with van der Waals surface area (Å²) in [5.74, 6) is -0.366. The van der Waals surface area contributed by atoms with Gasteiger partial charge in [-0.25, -0.2) is 8.42 Å². The predicted molar refractivity (Wildman–Crippen MR) is 109 cm³/mol. The van der Waals surface area contributed by atoms with Gasteiger partial charge in [0.1, 0.15) is 11.5 Å². The monoisotopic (exact) mass is 397 g/mol. The van der Waals surface area contributed by atoms with Crippen LogP contribution in [0.3, 0.4) is 0 Å². The van der Waals surface area contributed by atoms with E-state index in [0.717, 1.165) is 29.7 Å². The Morgan fingerprint density at radius 2 is 1.54 bits per heavy atom. The van der Waals surface area contributed by atoms with Crippen molar-refractivity contribution in [3.8, 4) is 0 Å². The standard InChI is InChI=1S/C22H23NO4S/c1-3-16-9-8-10-17(4-2)21(16)23-22(24)20-14-13-18(27-20)15-28(25,26)19-11-6-5-7-12-19/h5-14H,3-4,15H2,1-2H3,(H,23,24). The van der Waals surface area contributed by atoms with Gasteiger partial charge in [0, 0.05) is 5.69 Å². The van der Waals surface area contributed by atoms with Gasteiger partial charge in [-0.15, -0.1) is 0 Å². The fraction of sp³-hybridized carbons (Fsp3) is 0.227. The van der Waals surface area contributed by atoms with Gasteiger partial charge in [-0.3, -0.25) is 4.79 Å². The van der Waals surface area contributed by atoms with Gasteiger partial charge in [-0.2, -0.15) is 0 Å². The van der Waals surface area contributed by atoms with Crippen LogP contribution in [0.25, 0.3) is 0 Å². The van der Waals surface area contributed by atoms with Crippen molar-refractivity contribution in [2.24, 2.45) is 0 Å². The highest BCUT2D eigenvalue weighted by atomic mass is 32.2. The zero-order valence-electron chi connectivity index (χ0n) is 15.9. The van der Waals surface area contributed by atoms with Crippen LogP contribution in [0.2, 0.25) is 0 Å². The molecule has 0 atom stereocenters. The largest absolute Gasteiger partial charge is 0.455 e. The number of amides is 1. The van der Waals surface area contributed by atoms with Gasteiger partial charge in [-0.1, -0.05) is 50.2 Å². The number of benzene rings is 2. The normalized spacial score (nSPS) is 11.4. The highest BCUT2D eigenvalue weighted by Crippen LogP contribution is 2.24. The molecule has 3 rings (SSSR count). The summed E-state index contributed by atoms with van der Waals surface area (Å²) in [7, 11) is -3.53. The summed E-state index contributed by atoms with van der Waals surface area (Å²) in [5.41, 5.74) is 2.89. The van der Waals surface area contributed by atoms with Crippen molar-refractivity contribution in [1.82, 2.24) is 0 Å². The van der Waals surface area contributed by atoms with Crippen molar-refractivity contribution in [3.63, 3.8) is 0 Å². The van der Waals surface area contributed by atoms with E-state index in [2.05, 4.69) is 5.32 Å². The van der Waals surface area contributed by atoms with Gasteiger partial charge in [0.15, 0.2) is 15.6 Å². The van der Waals surface area contributed by atoms with Crippen LogP contribution in [-0.2, 0) is 28.4 Å². The van der Waals surface area contributed by atoms with Crippen LogP contribution in [0, 0.1) is 0 Å². The van der Waals surface area contributed by atoms with Crippen LogP contribution < -0.4 is 5.32 Å². The number of rotatable bonds is 7. The molecule has 6 heteroatoms. The molecule has 0 saturated carbocycles. The van der Waals surface area contributed by atoms with Crippen molar-refractivity contribution < 1.29 is 17.6 Å². The molecule has 5 nitrogen and oxygen atoms in total. The van der Waals surface area contributed by atoms with Crippen molar-refractivity contribution in [3.05, 3.63) is 83.3 Å². The lowest BCUT2D eigenvalue weighted by Crippen LogP contribution is -2.14. The molecule has 0 aliphatic heterocycles. The number of sulfone groups is 1. The Morgan fingerprint density at radius 1 is 0.893 bits per heavy atom. The topological polar surface area (TPSA) is 76.4 Å². The molecule has 0 aliphatic carbocycles. The van der Waals surface area contributed by atoms with E-state index in [0.29, 0.717) is 0 Å². The number of aryl methyl sites for hydroxylation is 2. The van der Waals surface area contributed by atoms with Crippen LogP contribution >= 0.6 is 0 Å². The molecule has 0 unspecified atom stereocenters. The van der Waals surface area contributed by atoms with Crippen LogP contribution in [0.1, 0.15) is 41.3 Å². The molecule has 1 amide bonds. The number of carbonyl (C=O) groups is 1. The van der Waals surface area contributed by atoms with Crippen molar-refractivity contribution in [2.45, 2.75) is 37.3 Å². The molecular formula is C22H23NO4S. The molecule has 1 heterocycles. The molecule has 146 valence electrons. The second-order valence-electron chi connectivity index (χ2n) is 6.45. The van der Waals surface area contributed by atoms with Crippen molar-refractivity contribution >= 4 is 21.4 Å². The third-order valence-corrected chi connectivity index (χ3v) is 6.21. The van der Waals surface area contributed by atoms with Gasteiger partial charge in [0.2, 0.25) is 0 Å². The fourth-order valence-electron chi connectivity index (χ4n) is 3.05. The van der Waals surface area contributed by atoms with Gasteiger partial charge in [0.25, 0.3) is 5.91 Å². The number of anilines is 1. The summed E-state index contributed by atoms with van der Waals surface area (Å²) < 4.78 is 30.5. The van der Waals surface area contributed by atoms with Crippen LogP contribution in [0.5, 0.6) is 0 Å². The van der Waals surface area contributed by atoms with E-state index in [1.165, 1.54) is 12.1 Å². The smallest absolute Gasteiger partial charge is 0.291 e. The number of carbonyl (C=O) groups excluding carboxylic acids is 1. The summed E-state index contributed by atoms with van der Waals surface area (Å²) in [6, 6.07) is 17.2. The average Bonchev–Trinajstić information content (AvgIpc) is 3.16. The molecule has 0 aliphatic rings. The molecule has 28 heavy (non-hydrogen) atoms. The molecule has 3 aromatic rings. The molecule has 0 spiro atoms. The van der Waals surface area contributed by atoms with Gasteiger partial charge in [-0.05, 0) is 48.2 Å². The third-order valence-electron chi connectivity index (χ3n) is 4.56. The lowest BCUT2D eigenvalue weighted by atomic mass is 10.0. The Kier molecular flexibility index (Phi) is 5.99. The molecule has 0 fully saturated rings. The highest BCUT2D eigenvalue weighted by Gasteiger charge is 2.20. The van der Waals surface area contributed by atoms with Gasteiger partial charge in [0.05, 0.1) is 4.90 Å². The van der Waals surface area contributed by atoms with Gasteiger partial charge >= 0.3 is 0 Å². The minimum atomic E-state index is -3.53. The minimum absolute atomic E-state index is 0.0891. The molecule has 2 aromatic carbocycles. The first-order valence-electron chi connectivity index (χ1n) is 9.23. The number of furan rings is 1. The Bertz CT molecular complexity index is 1050. The van der Waals surface area contributed by atoms with E-state index in [-0.39, 0.29) is 28.1 Å². The maximum atomic E-state index is 12.6. The lowest BCUT2D eigenvalue weighted by Gasteiger charge is -2.13. The molecule has 0 radical (unpaired) electrons. The first-order valence-corrected chi connectivity index (χ1v) is 10.9. The van der Waals surface area contributed by atoms with E-state index >= 15 is 0 Å². The Balaban J connectivity index is 1.79. The quantitative estimate of drug-likeness (QED) is 0.631. The highest BCUT2D eigenvalue weighted by molar-refractivity contribution is 7.90. The van der Waals surface area contributed by atoms with E-state index in [4.69, 9.17) is 4.42 Å². The SMILES string of the molecule is CCc1cccc(CC)c1NC(=O)c1ccc(CS(=O)(=O)c2ccccc2)o1. The Labute approximate surface area is 165 Å². The van der Waals surface area contributed by atoms with Crippen molar-refractivity contribution in [1.29, 1.82) is 0 Å². The third kappa shape index (κ3) is 4.34. The van der Waals surface area contributed by atoms with E-state index < -0.39 is 9.84 Å². The van der Waals surface area contributed by atoms with E-state index in [9.17, 15) is 13.2 Å². The van der Waals surface area contributed by atoms with E-state index in [1.54, 1.807) is 30.3 Å². The number of para-hydroxylation sites is 1. The van der Waals surface area contributed by atoms with E-state index in [1.807, 2.05) is 32.0 Å². The molecular weight excluding hydrogens is 374 g/mol. The van der Waals surface area contributed by atoms with Crippen LogP contribution in [0.15, 0.2) is 70.0 Å². The zero-order chi connectivity index (χ0) is 20.1. The van der Waals surface area contributed by atoms with Gasteiger partial charge < -0.3 is 9.73 Å².